The number of aromatic nitrogens is 2. The number of hydrogen-bond donors (Lipinski definition) is 1. The van der Waals surface area contributed by atoms with Crippen molar-refractivity contribution in [1.29, 1.82) is 0 Å². The van der Waals surface area contributed by atoms with Crippen molar-refractivity contribution in [3.05, 3.63) is 79.0 Å². The Balaban J connectivity index is 0.00000225. The number of hydrogen-bond acceptors (Lipinski definition) is 3. The van der Waals surface area contributed by atoms with Gasteiger partial charge in [0.2, 0.25) is 5.43 Å². The molecule has 5 nitrogen and oxygen atoms in total. The summed E-state index contributed by atoms with van der Waals surface area (Å²) in [5.41, 5.74) is -0.0942. The van der Waals surface area contributed by atoms with Crippen LogP contribution in [0, 0.1) is 0 Å². The van der Waals surface area contributed by atoms with E-state index in [1.165, 1.54) is 21.2 Å². The van der Waals surface area contributed by atoms with Gasteiger partial charge in [-0.25, -0.2) is 0 Å². The molecule has 2 aromatic heterocycles. The smallest absolute Gasteiger partial charge is 0.278 e. The van der Waals surface area contributed by atoms with Gasteiger partial charge in [0.25, 0.3) is 5.56 Å². The van der Waals surface area contributed by atoms with Gasteiger partial charge in [-0.3, -0.25) is 9.59 Å². The topological polar surface area (TPSA) is 63.7 Å². The van der Waals surface area contributed by atoms with E-state index in [2.05, 4.69) is 0 Å². The zero-order chi connectivity index (χ0) is 17.3. The molecule has 1 N–H and O–H groups in total. The van der Waals surface area contributed by atoms with Gasteiger partial charge < -0.3 is 14.1 Å². The zero-order valence-corrected chi connectivity index (χ0v) is 15.3. The molecule has 1 aromatic carbocycles. The summed E-state index contributed by atoms with van der Waals surface area (Å²) in [6.45, 7) is 0.431. The van der Waals surface area contributed by atoms with Crippen LogP contribution in [-0.4, -0.2) is 14.1 Å². The van der Waals surface area contributed by atoms with E-state index in [9.17, 15) is 14.7 Å². The number of pyridine rings is 1. The third-order valence-corrected chi connectivity index (χ3v) is 4.71. The number of benzene rings is 1. The van der Waals surface area contributed by atoms with Gasteiger partial charge in [-0.05, 0) is 24.5 Å². The van der Waals surface area contributed by atoms with E-state index in [-0.39, 0.29) is 17.9 Å². The molecule has 8 heteroatoms. The Hall–Kier alpha value is -1.95. The lowest BCUT2D eigenvalue weighted by Crippen LogP contribution is -2.23. The summed E-state index contributed by atoms with van der Waals surface area (Å²) in [5.74, 6) is -0.533. The second-order valence-corrected chi connectivity index (χ2v) is 6.18. The molecule has 0 radical (unpaired) electrons. The average molecular weight is 402 g/mol. The molecular formula is C17H15Cl3N2O3. The number of aryl methyl sites for hydroxylation is 2. The zero-order valence-electron chi connectivity index (χ0n) is 13.0. The fourth-order valence-electron chi connectivity index (χ4n) is 2.59. The summed E-state index contributed by atoms with van der Waals surface area (Å²) in [4.78, 5) is 24.0. The van der Waals surface area contributed by atoms with Crippen LogP contribution in [0.1, 0.15) is 12.0 Å². The van der Waals surface area contributed by atoms with Gasteiger partial charge in [0.05, 0.1) is 10.0 Å². The first-order valence-corrected chi connectivity index (χ1v) is 8.11. The van der Waals surface area contributed by atoms with E-state index in [0.717, 1.165) is 5.56 Å². The molecule has 0 saturated heterocycles. The van der Waals surface area contributed by atoms with Crippen molar-refractivity contribution in [2.24, 2.45) is 0 Å². The standard InChI is InChI=1S/C17H14Cl2N2O3.ClH/c18-12-5-1-3-11(14(12)19)4-2-7-21-10-9-20-8-6-13(22)16(23)15(20)17(21)24;/h1,3,5-6,8-10,23H,2,4,7H2;1H. The van der Waals surface area contributed by atoms with E-state index < -0.39 is 16.7 Å². The lowest BCUT2D eigenvalue weighted by molar-refractivity contribution is 0.471. The summed E-state index contributed by atoms with van der Waals surface area (Å²) in [5, 5.41) is 10.9. The van der Waals surface area contributed by atoms with E-state index >= 15 is 0 Å². The second kappa shape index (κ2) is 7.95. The van der Waals surface area contributed by atoms with Gasteiger partial charge in [0, 0.05) is 31.2 Å². The molecule has 0 fully saturated rings. The maximum absolute atomic E-state index is 12.5. The highest BCUT2D eigenvalue weighted by Crippen LogP contribution is 2.26. The number of nitrogens with zero attached hydrogens (tertiary/aromatic N) is 2. The fourth-order valence-corrected chi connectivity index (χ4v) is 3.00. The highest BCUT2D eigenvalue weighted by molar-refractivity contribution is 6.42. The van der Waals surface area contributed by atoms with Crippen LogP contribution in [0.2, 0.25) is 10.0 Å². The summed E-state index contributed by atoms with van der Waals surface area (Å²) in [7, 11) is 0. The molecule has 0 amide bonds. The van der Waals surface area contributed by atoms with Crippen molar-refractivity contribution in [1.82, 2.24) is 8.97 Å². The summed E-state index contributed by atoms with van der Waals surface area (Å²) >= 11 is 12.1. The number of aromatic hydroxyl groups is 1. The van der Waals surface area contributed by atoms with Crippen LogP contribution in [0.3, 0.4) is 0 Å². The molecule has 25 heavy (non-hydrogen) atoms. The number of halogens is 3. The third-order valence-electron chi connectivity index (χ3n) is 3.85. The number of fused-ring (bicyclic) bond motifs is 1. The molecule has 0 unspecified atom stereocenters. The van der Waals surface area contributed by atoms with Crippen LogP contribution >= 0.6 is 35.6 Å². The van der Waals surface area contributed by atoms with Crippen molar-refractivity contribution in [3.63, 3.8) is 0 Å². The maximum atomic E-state index is 12.5. The van der Waals surface area contributed by atoms with Crippen molar-refractivity contribution in [3.8, 4) is 5.75 Å². The van der Waals surface area contributed by atoms with E-state index in [1.807, 2.05) is 12.1 Å². The first kappa shape index (κ1) is 19.4. The first-order chi connectivity index (χ1) is 11.5. The van der Waals surface area contributed by atoms with E-state index in [4.69, 9.17) is 23.2 Å². The van der Waals surface area contributed by atoms with Crippen molar-refractivity contribution in [2.45, 2.75) is 19.4 Å². The Bertz CT molecular complexity index is 1030. The Kier molecular flexibility index (Phi) is 6.16. The maximum Gasteiger partial charge on any atom is 0.278 e. The molecule has 132 valence electrons. The highest BCUT2D eigenvalue weighted by Gasteiger charge is 2.10. The molecule has 0 saturated carbocycles. The van der Waals surface area contributed by atoms with Gasteiger partial charge in [-0.1, -0.05) is 35.3 Å². The van der Waals surface area contributed by atoms with Crippen molar-refractivity contribution in [2.75, 3.05) is 0 Å². The first-order valence-electron chi connectivity index (χ1n) is 7.35. The Labute approximate surface area is 159 Å². The molecule has 3 aromatic rings. The minimum atomic E-state index is -0.574. The SMILES string of the molecule is Cl.O=c1ccn2ccn(CCCc3cccc(Cl)c3Cl)c(=O)c2c1O. The van der Waals surface area contributed by atoms with E-state index in [1.54, 1.807) is 18.5 Å². The molecule has 0 spiro atoms. The summed E-state index contributed by atoms with van der Waals surface area (Å²) in [6.07, 6.45) is 6.02. The van der Waals surface area contributed by atoms with Crippen LogP contribution in [0.5, 0.6) is 5.75 Å². The normalized spacial score (nSPS) is 10.6. The van der Waals surface area contributed by atoms with Gasteiger partial charge in [-0.15, -0.1) is 12.4 Å². The number of rotatable bonds is 4. The Morgan fingerprint density at radius 1 is 1.04 bits per heavy atom. The highest BCUT2D eigenvalue weighted by atomic mass is 35.5. The quantitative estimate of drug-likeness (QED) is 0.727. The van der Waals surface area contributed by atoms with Crippen LogP contribution in [0.4, 0.5) is 0 Å². The fraction of sp³-hybridized carbons (Fsp3) is 0.176. The molecule has 3 rings (SSSR count). The predicted molar refractivity (Wildman–Crippen MR) is 102 cm³/mol. The molecule has 0 atom stereocenters. The van der Waals surface area contributed by atoms with Crippen LogP contribution < -0.4 is 11.0 Å². The van der Waals surface area contributed by atoms with Gasteiger partial charge >= 0.3 is 0 Å². The summed E-state index contributed by atoms with van der Waals surface area (Å²) in [6, 6.07) is 6.66. The minimum Gasteiger partial charge on any atom is -0.503 e. The molecular weight excluding hydrogens is 387 g/mol. The monoisotopic (exact) mass is 400 g/mol. The van der Waals surface area contributed by atoms with Crippen LogP contribution in [-0.2, 0) is 13.0 Å². The third kappa shape index (κ3) is 3.84. The Morgan fingerprint density at radius 3 is 2.56 bits per heavy atom. The lowest BCUT2D eigenvalue weighted by atomic mass is 10.1. The average Bonchev–Trinajstić information content (AvgIpc) is 2.56. The minimum absolute atomic E-state index is 0. The van der Waals surface area contributed by atoms with Crippen LogP contribution in [0.15, 0.2) is 52.4 Å². The molecule has 2 heterocycles. The van der Waals surface area contributed by atoms with Gasteiger partial charge in [0.1, 0.15) is 0 Å². The largest absolute Gasteiger partial charge is 0.503 e. The van der Waals surface area contributed by atoms with Gasteiger partial charge in [-0.2, -0.15) is 0 Å². The molecule has 0 aliphatic carbocycles. The molecule has 0 aliphatic heterocycles. The molecule has 0 bridgehead atoms. The second-order valence-electron chi connectivity index (χ2n) is 5.40. The molecule has 0 aliphatic rings. The summed E-state index contributed by atoms with van der Waals surface area (Å²) < 4.78 is 2.90. The van der Waals surface area contributed by atoms with Crippen LogP contribution in [0.25, 0.3) is 5.52 Å². The van der Waals surface area contributed by atoms with Gasteiger partial charge in [0.15, 0.2) is 11.3 Å². The van der Waals surface area contributed by atoms with Crippen molar-refractivity contribution < 1.29 is 5.11 Å². The lowest BCUT2D eigenvalue weighted by Gasteiger charge is -2.10. The van der Waals surface area contributed by atoms with E-state index in [0.29, 0.717) is 29.4 Å². The Morgan fingerprint density at radius 2 is 1.80 bits per heavy atom. The predicted octanol–water partition coefficient (Wildman–Crippen LogP) is 3.53. The van der Waals surface area contributed by atoms with Crippen molar-refractivity contribution >= 4 is 41.1 Å².